The second-order valence-corrected chi connectivity index (χ2v) is 26.7. The third kappa shape index (κ3) is 35.2. The summed E-state index contributed by atoms with van der Waals surface area (Å²) in [4.78, 5) is 245. The average Bonchev–Trinajstić information content (AvgIpc) is 1.65. The molecule has 1 aromatic carbocycles. The monoisotopic (exact) mass is 1540 g/mol. The number of carboxylic acid groups (broad SMARTS) is 5. The molecule has 596 valence electrons. The van der Waals surface area contributed by atoms with Gasteiger partial charge in [-0.2, -0.15) is 11.8 Å². The number of nitrogens with zero attached hydrogens (tertiary/aromatic N) is 4. The van der Waals surface area contributed by atoms with Crippen LogP contribution in [0.5, 0.6) is 0 Å². The maximum Gasteiger partial charge on any atom is 0.317 e. The Kier molecular flexibility index (Phi) is 39.2. The van der Waals surface area contributed by atoms with Crippen LogP contribution in [0.3, 0.4) is 0 Å². The van der Waals surface area contributed by atoms with Crippen LogP contribution in [0.25, 0.3) is 10.9 Å². The molecule has 0 aliphatic carbocycles. The van der Waals surface area contributed by atoms with Crippen molar-refractivity contribution in [3.8, 4) is 0 Å². The van der Waals surface area contributed by atoms with E-state index in [0.29, 0.717) is 27.9 Å². The fourth-order valence-electron chi connectivity index (χ4n) is 10.5. The standard InChI is InChI=1S/C65H97N19O23S/c1-34(2)19-43(63(105)78-41(58(67)100)13-18-108-6)79-64(106)45(21-38-24-68-33-73-38)76-50(88)27-72-65(107)57(35(3)4)81-59(101)36(5)74-62(104)44(20-37-23-69-40-10-8-7-9-39(37)40)80-61(103)42(11-12-47(66)85)75-49(87)26-71-60(102)46(22-52(90)91)77-48(86)25-70-51(89)28-83(30-54(94)95)16-14-82(29-53(92)93)15-17-84(31-55(96)97)32-56(98)99/h7-10,23-24,33-36,41-46,57,69H,11-22,25-32H2,1-6H3,(H2,66,85)(H2,67,100)(H,68,73)(H,70,89)(H,71,102)(H,72,107)(H,74,104)(H,75,87)(H,76,88)(H,77,86)(H,78,105)(H,79,106)(H,80,103)(H,81,101)(H,90,91)(H,92,93)(H,94,95)(H,96,97)(H,98,99)/t36-,41-,42-,43-,44-,45-,46-,57-/m0/s1. The maximum atomic E-state index is 14.4. The molecular weight excluding hydrogens is 1450 g/mol. The van der Waals surface area contributed by atoms with Crippen LogP contribution in [-0.2, 0) is 99.1 Å². The van der Waals surface area contributed by atoms with Gasteiger partial charge >= 0.3 is 29.8 Å². The SMILES string of the molecule is CSCC[C@H](NC(=O)[C@H](CC(C)C)NC(=O)[C@H](Cc1cnc[nH]1)NC(=O)CNC(=O)[C@@H](NC(=O)[C@H](C)NC(=O)[C@H](Cc1c[nH]c2ccccc12)NC(=O)[C@H](CCC(N)=O)NC(=O)CNC(=O)[C@H](CC(=O)O)NC(=O)CNC(=O)CN(CCN(CCN(CC(=O)O)CC(=O)O)CC(=O)O)CC(=O)O)C(C)C)C(N)=O. The molecule has 43 heteroatoms. The summed E-state index contributed by atoms with van der Waals surface area (Å²) in [5, 5.41) is 74.0. The lowest BCUT2D eigenvalue weighted by Gasteiger charge is -2.27. The first-order valence-electron chi connectivity index (χ1n) is 33.9. The molecule has 2 aromatic heterocycles. The molecule has 0 aliphatic rings. The number of aromatic nitrogens is 3. The maximum absolute atomic E-state index is 14.4. The fraction of sp³-hybridized carbons (Fsp3) is 0.554. The van der Waals surface area contributed by atoms with Gasteiger partial charge in [-0.15, -0.1) is 0 Å². The van der Waals surface area contributed by atoms with Gasteiger partial charge in [-0.25, -0.2) is 4.98 Å². The average molecular weight is 1540 g/mol. The van der Waals surface area contributed by atoms with Crippen molar-refractivity contribution >= 4 is 129 Å². The number of carboxylic acids is 5. The molecule has 3 aromatic rings. The fourth-order valence-corrected chi connectivity index (χ4v) is 11.0. The summed E-state index contributed by atoms with van der Waals surface area (Å²) in [5.41, 5.74) is 12.5. The van der Waals surface area contributed by atoms with Crippen molar-refractivity contribution < 1.29 is 112 Å². The second-order valence-electron chi connectivity index (χ2n) is 25.7. The zero-order chi connectivity index (χ0) is 80.9. The Hall–Kier alpha value is -11.3. The summed E-state index contributed by atoms with van der Waals surface area (Å²) in [6.45, 7) is 0.801. The van der Waals surface area contributed by atoms with Gasteiger partial charge in [0.2, 0.25) is 76.8 Å². The van der Waals surface area contributed by atoms with Crippen molar-refractivity contribution in [2.75, 3.05) is 90.5 Å². The third-order valence-corrected chi connectivity index (χ3v) is 16.5. The highest BCUT2D eigenvalue weighted by atomic mass is 32.2. The number of para-hydroxylation sites is 1. The molecule has 2 heterocycles. The minimum atomic E-state index is -1.93. The van der Waals surface area contributed by atoms with Crippen molar-refractivity contribution in [3.05, 3.63) is 54.2 Å². The van der Waals surface area contributed by atoms with Gasteiger partial charge in [0.25, 0.3) is 0 Å². The third-order valence-electron chi connectivity index (χ3n) is 15.9. The lowest BCUT2D eigenvalue weighted by molar-refractivity contribution is -0.143. The number of rotatable bonds is 53. The minimum Gasteiger partial charge on any atom is -0.481 e. The van der Waals surface area contributed by atoms with Crippen LogP contribution in [-0.4, -0.2) is 301 Å². The number of carbonyl (C=O) groups excluding carboxylic acids is 13. The highest BCUT2D eigenvalue weighted by Gasteiger charge is 2.35. The lowest BCUT2D eigenvalue weighted by Crippen LogP contribution is -2.59. The molecule has 0 bridgehead atoms. The van der Waals surface area contributed by atoms with Gasteiger partial charge in [-0.1, -0.05) is 45.9 Å². The zero-order valence-electron chi connectivity index (χ0n) is 60.4. The Labute approximate surface area is 623 Å². The Bertz CT molecular complexity index is 3630. The smallest absolute Gasteiger partial charge is 0.317 e. The number of carbonyl (C=O) groups is 18. The summed E-state index contributed by atoms with van der Waals surface area (Å²) < 4.78 is 0. The number of amides is 13. The molecule has 8 atom stereocenters. The number of hydrogen-bond donors (Lipinski definition) is 20. The van der Waals surface area contributed by atoms with Gasteiger partial charge in [-0.05, 0) is 61.7 Å². The molecule has 0 saturated carbocycles. The largest absolute Gasteiger partial charge is 0.481 e. The Morgan fingerprint density at radius 1 is 0.491 bits per heavy atom. The molecule has 3 rings (SSSR count). The highest BCUT2D eigenvalue weighted by Crippen LogP contribution is 2.20. The summed E-state index contributed by atoms with van der Waals surface area (Å²) in [5.74, 6) is -20.0. The number of imidazole rings is 1. The molecular formula is C65H97N19O23S. The number of fused-ring (bicyclic) bond motifs is 1. The first-order valence-corrected chi connectivity index (χ1v) is 35.3. The number of benzene rings is 1. The summed E-state index contributed by atoms with van der Waals surface area (Å²) in [7, 11) is 0. The normalized spacial score (nSPS) is 13.4. The van der Waals surface area contributed by atoms with Crippen LogP contribution in [0.15, 0.2) is 43.0 Å². The van der Waals surface area contributed by atoms with E-state index in [0.717, 1.165) is 9.80 Å². The Morgan fingerprint density at radius 2 is 0.981 bits per heavy atom. The van der Waals surface area contributed by atoms with E-state index in [2.05, 4.69) is 73.4 Å². The molecule has 13 amide bonds. The highest BCUT2D eigenvalue weighted by molar-refractivity contribution is 7.98. The second kappa shape index (κ2) is 46.6. The van der Waals surface area contributed by atoms with Crippen LogP contribution >= 0.6 is 11.8 Å². The van der Waals surface area contributed by atoms with E-state index in [9.17, 15) is 102 Å². The predicted octanol–water partition coefficient (Wildman–Crippen LogP) is -7.15. The summed E-state index contributed by atoms with van der Waals surface area (Å²) >= 11 is 1.43. The first-order chi connectivity index (χ1) is 50.8. The molecule has 0 aliphatic heterocycles. The zero-order valence-corrected chi connectivity index (χ0v) is 61.2. The van der Waals surface area contributed by atoms with E-state index >= 15 is 0 Å². The number of nitrogens with one attached hydrogen (secondary N) is 13. The van der Waals surface area contributed by atoms with E-state index in [4.69, 9.17) is 21.7 Å². The number of primary amides is 2. The van der Waals surface area contributed by atoms with Gasteiger partial charge in [0.05, 0.1) is 65.1 Å². The van der Waals surface area contributed by atoms with E-state index in [1.54, 1.807) is 58.2 Å². The van der Waals surface area contributed by atoms with Crippen LogP contribution in [0.1, 0.15) is 78.0 Å². The molecule has 0 radical (unpaired) electrons. The predicted molar refractivity (Wildman–Crippen MR) is 381 cm³/mol. The minimum absolute atomic E-state index is 0.131. The van der Waals surface area contributed by atoms with Gasteiger partial charge in [-0.3, -0.25) is 101 Å². The molecule has 22 N–H and O–H groups in total. The number of aromatic amines is 2. The number of nitrogens with two attached hydrogens (primary N) is 2. The van der Waals surface area contributed by atoms with Crippen molar-refractivity contribution in [2.45, 2.75) is 128 Å². The quantitative estimate of drug-likeness (QED) is 0.0250. The van der Waals surface area contributed by atoms with Gasteiger partial charge in [0.1, 0.15) is 48.3 Å². The molecule has 0 spiro atoms. The number of hydrogen-bond acceptors (Lipinski definition) is 23. The Morgan fingerprint density at radius 3 is 1.52 bits per heavy atom. The van der Waals surface area contributed by atoms with Crippen molar-refractivity contribution in [1.29, 1.82) is 0 Å². The van der Waals surface area contributed by atoms with Crippen LogP contribution in [0.2, 0.25) is 0 Å². The number of thioether (sulfide) groups is 1. The number of aliphatic carboxylic acids is 5. The van der Waals surface area contributed by atoms with Crippen LogP contribution in [0.4, 0.5) is 0 Å². The topological polar surface area (TPSA) is 647 Å². The molecule has 0 unspecified atom stereocenters. The molecule has 0 fully saturated rings. The van der Waals surface area contributed by atoms with Crippen molar-refractivity contribution in [1.82, 2.24) is 88.1 Å². The molecule has 42 nitrogen and oxygen atoms in total. The van der Waals surface area contributed by atoms with E-state index in [1.165, 1.54) is 36.1 Å². The summed E-state index contributed by atoms with van der Waals surface area (Å²) in [6.07, 6.45) is 3.88. The summed E-state index contributed by atoms with van der Waals surface area (Å²) in [6, 6.07) is -4.74. The van der Waals surface area contributed by atoms with Crippen molar-refractivity contribution in [3.63, 3.8) is 0 Å². The molecule has 0 saturated heterocycles. The van der Waals surface area contributed by atoms with Crippen molar-refractivity contribution in [2.24, 2.45) is 23.3 Å². The van der Waals surface area contributed by atoms with E-state index in [-0.39, 0.29) is 57.8 Å². The van der Waals surface area contributed by atoms with E-state index < -0.39 is 233 Å². The van der Waals surface area contributed by atoms with Gasteiger partial charge in [0, 0.05) is 74.4 Å². The van der Waals surface area contributed by atoms with Gasteiger partial charge < -0.3 is 105 Å². The first kappa shape index (κ1) is 90.9. The van der Waals surface area contributed by atoms with Crippen LogP contribution in [0, 0.1) is 11.8 Å². The molecule has 108 heavy (non-hydrogen) atoms. The van der Waals surface area contributed by atoms with Gasteiger partial charge in [0.15, 0.2) is 0 Å². The van der Waals surface area contributed by atoms with E-state index in [1.807, 2.05) is 6.26 Å². The Balaban J connectivity index is 1.74. The number of H-pyrrole nitrogens is 2. The lowest BCUT2D eigenvalue weighted by atomic mass is 10.0. The van der Waals surface area contributed by atoms with Crippen LogP contribution < -0.4 is 70.0 Å².